The minimum absolute atomic E-state index is 0.0298. The van der Waals surface area contributed by atoms with Crippen molar-refractivity contribution in [1.82, 2.24) is 9.55 Å². The van der Waals surface area contributed by atoms with Crippen molar-refractivity contribution < 1.29 is 9.72 Å². The van der Waals surface area contributed by atoms with E-state index in [1.54, 1.807) is 11.5 Å². The van der Waals surface area contributed by atoms with E-state index in [0.717, 1.165) is 18.4 Å². The molecule has 8 nitrogen and oxygen atoms in total. The van der Waals surface area contributed by atoms with Crippen LogP contribution in [0.2, 0.25) is 0 Å². The number of amides is 1. The summed E-state index contributed by atoms with van der Waals surface area (Å²) in [7, 11) is 0. The lowest BCUT2D eigenvalue weighted by molar-refractivity contribution is -0.384. The van der Waals surface area contributed by atoms with Gasteiger partial charge in [0, 0.05) is 17.8 Å². The molecule has 0 saturated heterocycles. The van der Waals surface area contributed by atoms with E-state index in [9.17, 15) is 19.7 Å². The third-order valence-corrected chi connectivity index (χ3v) is 7.49. The van der Waals surface area contributed by atoms with Gasteiger partial charge in [0.25, 0.3) is 11.2 Å². The van der Waals surface area contributed by atoms with E-state index in [2.05, 4.69) is 5.32 Å². The molecule has 0 radical (unpaired) electrons. The monoisotopic (exact) mass is 492 g/mol. The quantitative estimate of drug-likeness (QED) is 0.163. The van der Waals surface area contributed by atoms with Crippen molar-refractivity contribution in [3.05, 3.63) is 85.5 Å². The molecule has 0 spiro atoms. The lowest BCUT2D eigenvalue weighted by Gasteiger charge is -2.13. The highest BCUT2D eigenvalue weighted by Crippen LogP contribution is 2.44. The van der Waals surface area contributed by atoms with Crippen LogP contribution in [0.5, 0.6) is 0 Å². The highest BCUT2D eigenvalue weighted by Gasteiger charge is 2.29. The highest BCUT2D eigenvalue weighted by atomic mass is 32.2. The van der Waals surface area contributed by atoms with Crippen molar-refractivity contribution in [3.63, 3.8) is 0 Å². The molecular formula is C24H20N4O4S2. The molecule has 0 unspecified atom stereocenters. The number of nitrogens with zero attached hydrogens (tertiary/aromatic N) is 3. The van der Waals surface area contributed by atoms with E-state index in [-0.39, 0.29) is 22.9 Å². The second-order valence-corrected chi connectivity index (χ2v) is 9.91. The Hall–Kier alpha value is -3.50. The van der Waals surface area contributed by atoms with Crippen molar-refractivity contribution in [3.8, 4) is 5.69 Å². The summed E-state index contributed by atoms with van der Waals surface area (Å²) in [6.07, 6.45) is 2.19. The third kappa shape index (κ3) is 4.34. The molecule has 1 N–H and O–H groups in total. The van der Waals surface area contributed by atoms with Crippen LogP contribution in [0.4, 0.5) is 11.4 Å². The fourth-order valence-corrected chi connectivity index (χ4v) is 5.68. The van der Waals surface area contributed by atoms with Gasteiger partial charge < -0.3 is 5.32 Å². The Bertz CT molecular complexity index is 1480. The molecule has 2 aromatic heterocycles. The molecule has 1 saturated carbocycles. The Balaban J connectivity index is 1.44. The van der Waals surface area contributed by atoms with Gasteiger partial charge in [-0.05, 0) is 60.4 Å². The van der Waals surface area contributed by atoms with Crippen molar-refractivity contribution >= 4 is 50.6 Å². The van der Waals surface area contributed by atoms with Crippen molar-refractivity contribution in [2.45, 2.75) is 30.8 Å². The predicted octanol–water partition coefficient (Wildman–Crippen LogP) is 5.27. The lowest BCUT2D eigenvalue weighted by atomic mass is 10.1. The largest absolute Gasteiger partial charge is 0.325 e. The normalized spacial score (nSPS) is 13.2. The second kappa shape index (κ2) is 9.03. The van der Waals surface area contributed by atoms with Gasteiger partial charge in [0.2, 0.25) is 5.91 Å². The Labute approximate surface area is 202 Å². The number of hydrogen-bond acceptors (Lipinski definition) is 7. The topological polar surface area (TPSA) is 107 Å². The molecule has 5 rings (SSSR count). The zero-order valence-electron chi connectivity index (χ0n) is 18.2. The van der Waals surface area contributed by atoms with Gasteiger partial charge in [-0.3, -0.25) is 24.3 Å². The van der Waals surface area contributed by atoms with E-state index in [1.807, 2.05) is 35.7 Å². The van der Waals surface area contributed by atoms with Crippen LogP contribution < -0.4 is 10.9 Å². The number of carbonyl (C=O) groups excluding carboxylic acids is 1. The highest BCUT2D eigenvalue weighted by molar-refractivity contribution is 7.99. The number of nitro groups is 1. The van der Waals surface area contributed by atoms with Crippen LogP contribution in [0, 0.1) is 17.0 Å². The number of anilines is 1. The van der Waals surface area contributed by atoms with Gasteiger partial charge in [0.05, 0.1) is 21.7 Å². The van der Waals surface area contributed by atoms with Crippen LogP contribution in [-0.2, 0) is 4.79 Å². The number of rotatable bonds is 7. The number of benzene rings is 2. The van der Waals surface area contributed by atoms with Gasteiger partial charge in [-0.2, -0.15) is 0 Å². The van der Waals surface area contributed by atoms with Crippen LogP contribution in [-0.4, -0.2) is 26.1 Å². The van der Waals surface area contributed by atoms with Gasteiger partial charge in [-0.15, -0.1) is 11.3 Å². The first kappa shape index (κ1) is 22.3. The molecule has 1 fully saturated rings. The number of nitro benzene ring substituents is 1. The van der Waals surface area contributed by atoms with E-state index in [1.165, 1.54) is 41.3 Å². The van der Waals surface area contributed by atoms with Crippen LogP contribution in [0.1, 0.15) is 29.9 Å². The third-order valence-electron chi connectivity index (χ3n) is 5.66. The van der Waals surface area contributed by atoms with Crippen molar-refractivity contribution in [2.24, 2.45) is 0 Å². The predicted molar refractivity (Wildman–Crippen MR) is 134 cm³/mol. The molecule has 2 heterocycles. The number of aromatic nitrogens is 2. The van der Waals surface area contributed by atoms with Gasteiger partial charge in [-0.25, -0.2) is 4.98 Å². The zero-order chi connectivity index (χ0) is 23.8. The number of aryl methyl sites for hydroxylation is 1. The molecule has 0 aliphatic heterocycles. The molecule has 1 aliphatic carbocycles. The Morgan fingerprint density at radius 1 is 1.26 bits per heavy atom. The van der Waals surface area contributed by atoms with Crippen molar-refractivity contribution in [1.29, 1.82) is 0 Å². The summed E-state index contributed by atoms with van der Waals surface area (Å²) in [6.45, 7) is 1.70. The van der Waals surface area contributed by atoms with E-state index in [0.29, 0.717) is 38.2 Å². The second-order valence-electron chi connectivity index (χ2n) is 8.11. The number of carbonyl (C=O) groups is 1. The number of hydrogen-bond donors (Lipinski definition) is 1. The van der Waals surface area contributed by atoms with E-state index in [4.69, 9.17) is 4.98 Å². The number of thioether (sulfide) groups is 1. The Morgan fingerprint density at radius 2 is 2.03 bits per heavy atom. The minimum Gasteiger partial charge on any atom is -0.325 e. The SMILES string of the molecule is Cc1cc([N+](=O)[O-])ccc1NC(=O)CSc1nc2scc(C3CC3)c2c(=O)n1-c1ccccc1. The number of non-ortho nitro benzene ring substituents is 1. The molecule has 10 heteroatoms. The summed E-state index contributed by atoms with van der Waals surface area (Å²) in [4.78, 5) is 42.2. The molecule has 4 aromatic rings. The smallest absolute Gasteiger partial charge is 0.269 e. The number of fused-ring (bicyclic) bond motifs is 1. The summed E-state index contributed by atoms with van der Waals surface area (Å²) >= 11 is 2.65. The molecule has 1 aliphatic rings. The maximum absolute atomic E-state index is 13.6. The number of nitrogens with one attached hydrogen (secondary N) is 1. The maximum Gasteiger partial charge on any atom is 0.269 e. The summed E-state index contributed by atoms with van der Waals surface area (Å²) in [5.74, 6) is 0.171. The van der Waals surface area contributed by atoms with E-state index >= 15 is 0 Å². The van der Waals surface area contributed by atoms with Crippen LogP contribution in [0.15, 0.2) is 63.9 Å². The lowest BCUT2D eigenvalue weighted by Crippen LogP contribution is -2.23. The van der Waals surface area contributed by atoms with Gasteiger partial charge in [0.15, 0.2) is 5.16 Å². The molecule has 172 valence electrons. The Morgan fingerprint density at radius 3 is 2.71 bits per heavy atom. The fourth-order valence-electron chi connectivity index (χ4n) is 3.81. The summed E-state index contributed by atoms with van der Waals surface area (Å²) in [5.41, 5.74) is 2.73. The zero-order valence-corrected chi connectivity index (χ0v) is 19.8. The van der Waals surface area contributed by atoms with E-state index < -0.39 is 4.92 Å². The van der Waals surface area contributed by atoms with Crippen molar-refractivity contribution in [2.75, 3.05) is 11.1 Å². The van der Waals surface area contributed by atoms with Crippen LogP contribution in [0.25, 0.3) is 15.9 Å². The maximum atomic E-state index is 13.6. The first-order valence-corrected chi connectivity index (χ1v) is 12.6. The van der Waals surface area contributed by atoms with Crippen LogP contribution in [0.3, 0.4) is 0 Å². The fraction of sp³-hybridized carbons (Fsp3) is 0.208. The van der Waals surface area contributed by atoms with Crippen LogP contribution >= 0.6 is 23.1 Å². The standard InChI is InChI=1S/C24H20N4O4S2/c1-14-11-17(28(31)32)9-10-19(14)25-20(29)13-34-24-26-22-21(18(12-33-22)15-7-8-15)23(30)27(24)16-5-3-2-4-6-16/h2-6,9-12,15H,7-8,13H2,1H3,(H,25,29). The molecular weight excluding hydrogens is 472 g/mol. The van der Waals surface area contributed by atoms with Gasteiger partial charge in [-0.1, -0.05) is 30.0 Å². The molecule has 34 heavy (non-hydrogen) atoms. The summed E-state index contributed by atoms with van der Waals surface area (Å²) in [6, 6.07) is 13.6. The molecule has 2 aromatic carbocycles. The molecule has 0 bridgehead atoms. The average Bonchev–Trinajstić information content (AvgIpc) is 3.58. The van der Waals surface area contributed by atoms with Gasteiger partial charge in [0.1, 0.15) is 4.83 Å². The van der Waals surface area contributed by atoms with Gasteiger partial charge >= 0.3 is 0 Å². The molecule has 1 amide bonds. The summed E-state index contributed by atoms with van der Waals surface area (Å²) < 4.78 is 1.58. The first-order valence-electron chi connectivity index (χ1n) is 10.7. The average molecular weight is 493 g/mol. The summed E-state index contributed by atoms with van der Waals surface area (Å²) in [5, 5.41) is 16.9. The number of thiophene rings is 1. The first-order chi connectivity index (χ1) is 16.4. The molecule has 0 atom stereocenters. The minimum atomic E-state index is -0.474. The number of para-hydroxylation sites is 1. The Kier molecular flexibility index (Phi) is 5.93.